The van der Waals surface area contributed by atoms with E-state index in [1.54, 1.807) is 46.9 Å². The second-order valence-corrected chi connectivity index (χ2v) is 9.31. The predicted octanol–water partition coefficient (Wildman–Crippen LogP) is 2.56. The Morgan fingerprint density at radius 1 is 1.14 bits per heavy atom. The zero-order valence-corrected chi connectivity index (χ0v) is 16.4. The van der Waals surface area contributed by atoms with E-state index in [-0.39, 0.29) is 24.0 Å². The van der Waals surface area contributed by atoms with Crippen LogP contribution in [0.1, 0.15) is 36.0 Å². The SMILES string of the molecule is CS(=O)(=O)N1[C@H]2CC[C@H]1CC(NC(=O)c1cccc(Oc3ccccn3)c1)C2. The molecule has 1 aromatic heterocycles. The first-order valence-corrected chi connectivity index (χ1v) is 11.2. The third-order valence-corrected chi connectivity index (χ3v) is 6.70. The van der Waals surface area contributed by atoms with Crippen LogP contribution in [0.4, 0.5) is 0 Å². The first-order valence-electron chi connectivity index (χ1n) is 9.38. The number of rotatable bonds is 5. The van der Waals surface area contributed by atoms with E-state index < -0.39 is 10.0 Å². The Morgan fingerprint density at radius 3 is 2.54 bits per heavy atom. The highest BCUT2D eigenvalue weighted by Crippen LogP contribution is 2.37. The standard InChI is InChI=1S/C20H23N3O4S/c1-28(25,26)23-16-8-9-17(23)13-15(12-16)22-20(24)14-5-4-6-18(11-14)27-19-7-2-3-10-21-19/h2-7,10-11,15-17H,8-9,12-13H2,1H3,(H,22,24)/t16-,17-/m0/s1. The van der Waals surface area contributed by atoms with Crippen LogP contribution in [-0.2, 0) is 10.0 Å². The van der Waals surface area contributed by atoms with Crippen molar-refractivity contribution < 1.29 is 17.9 Å². The maximum Gasteiger partial charge on any atom is 0.251 e. The molecule has 8 heteroatoms. The molecule has 4 rings (SSSR count). The van der Waals surface area contributed by atoms with Crippen LogP contribution in [0, 0.1) is 0 Å². The number of sulfonamides is 1. The molecule has 1 aromatic carbocycles. The van der Waals surface area contributed by atoms with Crippen molar-refractivity contribution in [1.29, 1.82) is 0 Å². The first-order chi connectivity index (χ1) is 13.4. The van der Waals surface area contributed by atoms with Crippen molar-refractivity contribution >= 4 is 15.9 Å². The van der Waals surface area contributed by atoms with Crippen molar-refractivity contribution in [2.45, 2.75) is 43.8 Å². The first kappa shape index (κ1) is 18.9. The largest absolute Gasteiger partial charge is 0.439 e. The summed E-state index contributed by atoms with van der Waals surface area (Å²) in [4.78, 5) is 16.8. The van der Waals surface area contributed by atoms with E-state index in [1.165, 1.54) is 6.26 Å². The van der Waals surface area contributed by atoms with E-state index >= 15 is 0 Å². The van der Waals surface area contributed by atoms with Crippen LogP contribution < -0.4 is 10.1 Å². The number of pyridine rings is 1. The van der Waals surface area contributed by atoms with E-state index in [2.05, 4.69) is 10.3 Å². The molecule has 2 aliphatic heterocycles. The molecule has 2 atom stereocenters. The average Bonchev–Trinajstić information content (AvgIpc) is 2.95. The molecule has 0 unspecified atom stereocenters. The molecule has 148 valence electrons. The van der Waals surface area contributed by atoms with Crippen molar-refractivity contribution in [3.05, 3.63) is 54.2 Å². The zero-order valence-electron chi connectivity index (χ0n) is 15.6. The van der Waals surface area contributed by atoms with Gasteiger partial charge in [0.1, 0.15) is 5.75 Å². The van der Waals surface area contributed by atoms with Crippen molar-refractivity contribution in [3.63, 3.8) is 0 Å². The summed E-state index contributed by atoms with van der Waals surface area (Å²) in [6.45, 7) is 0. The fraction of sp³-hybridized carbons (Fsp3) is 0.400. The number of piperidine rings is 1. The number of aromatic nitrogens is 1. The van der Waals surface area contributed by atoms with Gasteiger partial charge in [-0.2, -0.15) is 4.31 Å². The van der Waals surface area contributed by atoms with Crippen LogP contribution >= 0.6 is 0 Å². The topological polar surface area (TPSA) is 88.6 Å². The Bertz CT molecular complexity index is 950. The van der Waals surface area contributed by atoms with Gasteiger partial charge in [0.05, 0.1) is 6.26 Å². The van der Waals surface area contributed by atoms with Gasteiger partial charge in [-0.15, -0.1) is 0 Å². The molecular formula is C20H23N3O4S. The van der Waals surface area contributed by atoms with Crippen LogP contribution in [0.15, 0.2) is 48.7 Å². The van der Waals surface area contributed by atoms with Gasteiger partial charge >= 0.3 is 0 Å². The highest BCUT2D eigenvalue weighted by atomic mass is 32.2. The summed E-state index contributed by atoms with van der Waals surface area (Å²) >= 11 is 0. The van der Waals surface area contributed by atoms with Crippen LogP contribution in [-0.4, -0.2) is 48.0 Å². The maximum absolute atomic E-state index is 12.7. The number of fused-ring (bicyclic) bond motifs is 2. The summed E-state index contributed by atoms with van der Waals surface area (Å²) in [5.74, 6) is 0.826. The molecule has 0 spiro atoms. The van der Waals surface area contributed by atoms with E-state index in [0.717, 1.165) is 12.8 Å². The lowest BCUT2D eigenvalue weighted by Gasteiger charge is -2.37. The average molecular weight is 401 g/mol. The van der Waals surface area contributed by atoms with Gasteiger partial charge < -0.3 is 10.1 Å². The Labute approximate surface area is 164 Å². The van der Waals surface area contributed by atoms with Gasteiger partial charge in [0.25, 0.3) is 5.91 Å². The summed E-state index contributed by atoms with van der Waals surface area (Å²) < 4.78 is 31.3. The van der Waals surface area contributed by atoms with Gasteiger partial charge in [0.15, 0.2) is 0 Å². The van der Waals surface area contributed by atoms with E-state index in [4.69, 9.17) is 4.74 Å². The molecule has 0 radical (unpaired) electrons. The summed E-state index contributed by atoms with van der Waals surface area (Å²) in [6.07, 6.45) is 5.93. The van der Waals surface area contributed by atoms with Crippen molar-refractivity contribution in [3.8, 4) is 11.6 Å². The quantitative estimate of drug-likeness (QED) is 0.832. The molecule has 1 amide bonds. The lowest BCUT2D eigenvalue weighted by Crippen LogP contribution is -2.52. The zero-order chi connectivity index (χ0) is 19.7. The lowest BCUT2D eigenvalue weighted by atomic mass is 9.99. The third-order valence-electron chi connectivity index (χ3n) is 5.34. The van der Waals surface area contributed by atoms with Crippen LogP contribution in [0.5, 0.6) is 11.6 Å². The molecule has 2 bridgehead atoms. The fourth-order valence-electron chi connectivity index (χ4n) is 4.29. The van der Waals surface area contributed by atoms with Gasteiger partial charge in [0.2, 0.25) is 15.9 Å². The Hall–Kier alpha value is -2.45. The molecule has 28 heavy (non-hydrogen) atoms. The normalized spacial score (nSPS) is 24.7. The lowest BCUT2D eigenvalue weighted by molar-refractivity contribution is 0.0909. The monoisotopic (exact) mass is 401 g/mol. The molecule has 0 saturated carbocycles. The number of carbonyl (C=O) groups is 1. The molecule has 2 fully saturated rings. The summed E-state index contributed by atoms with van der Waals surface area (Å²) in [7, 11) is -3.20. The van der Waals surface area contributed by atoms with Crippen LogP contribution in [0.2, 0.25) is 0 Å². The van der Waals surface area contributed by atoms with E-state index in [9.17, 15) is 13.2 Å². The Balaban J connectivity index is 1.42. The molecule has 0 aliphatic carbocycles. The number of carbonyl (C=O) groups excluding carboxylic acids is 1. The second-order valence-electron chi connectivity index (χ2n) is 7.42. The number of nitrogens with one attached hydrogen (secondary N) is 1. The number of nitrogens with zero attached hydrogens (tertiary/aromatic N) is 2. The maximum atomic E-state index is 12.7. The Morgan fingerprint density at radius 2 is 1.89 bits per heavy atom. The van der Waals surface area contributed by atoms with E-state index in [0.29, 0.717) is 30.0 Å². The van der Waals surface area contributed by atoms with Gasteiger partial charge in [-0.3, -0.25) is 4.79 Å². The number of ether oxygens (including phenoxy) is 1. The van der Waals surface area contributed by atoms with Crippen molar-refractivity contribution in [1.82, 2.24) is 14.6 Å². The smallest absolute Gasteiger partial charge is 0.251 e. The Kier molecular flexibility index (Phi) is 5.07. The highest BCUT2D eigenvalue weighted by molar-refractivity contribution is 7.88. The second kappa shape index (κ2) is 7.52. The highest BCUT2D eigenvalue weighted by Gasteiger charge is 2.45. The third kappa shape index (κ3) is 4.02. The summed E-state index contributed by atoms with van der Waals surface area (Å²) in [5.41, 5.74) is 0.506. The van der Waals surface area contributed by atoms with E-state index in [1.807, 2.05) is 6.07 Å². The van der Waals surface area contributed by atoms with Gasteiger partial charge in [-0.05, 0) is 49.9 Å². The molecule has 7 nitrogen and oxygen atoms in total. The molecule has 2 aliphatic rings. The van der Waals surface area contributed by atoms with Gasteiger partial charge in [0, 0.05) is 36.0 Å². The van der Waals surface area contributed by atoms with Gasteiger partial charge in [-0.25, -0.2) is 13.4 Å². The number of hydrogen-bond acceptors (Lipinski definition) is 5. The summed E-state index contributed by atoms with van der Waals surface area (Å²) in [6, 6.07) is 12.3. The summed E-state index contributed by atoms with van der Waals surface area (Å²) in [5, 5.41) is 3.07. The van der Waals surface area contributed by atoms with Crippen LogP contribution in [0.3, 0.4) is 0 Å². The fourth-order valence-corrected chi connectivity index (χ4v) is 5.76. The molecule has 1 N–H and O–H groups in total. The number of benzene rings is 1. The minimum absolute atomic E-state index is 0.0159. The molecule has 2 aromatic rings. The number of hydrogen-bond donors (Lipinski definition) is 1. The van der Waals surface area contributed by atoms with Crippen molar-refractivity contribution in [2.75, 3.05) is 6.26 Å². The van der Waals surface area contributed by atoms with Crippen LogP contribution in [0.25, 0.3) is 0 Å². The minimum atomic E-state index is -3.20. The van der Waals surface area contributed by atoms with Gasteiger partial charge in [-0.1, -0.05) is 12.1 Å². The molecule has 2 saturated heterocycles. The van der Waals surface area contributed by atoms with Crippen molar-refractivity contribution in [2.24, 2.45) is 0 Å². The molecule has 3 heterocycles. The predicted molar refractivity (Wildman–Crippen MR) is 105 cm³/mol. The number of amides is 1. The molecular weight excluding hydrogens is 378 g/mol. The minimum Gasteiger partial charge on any atom is -0.439 e.